The molecule has 1 N–H and O–H groups in total. The van der Waals surface area contributed by atoms with Crippen LogP contribution in [0, 0.1) is 20.8 Å². The van der Waals surface area contributed by atoms with Gasteiger partial charge in [-0.2, -0.15) is 4.98 Å². The largest absolute Gasteiger partial charge is 0.370 e. The van der Waals surface area contributed by atoms with E-state index in [1.54, 1.807) is 6.92 Å². The highest BCUT2D eigenvalue weighted by Gasteiger charge is 2.02. The Bertz CT molecular complexity index is 488. The van der Waals surface area contributed by atoms with Gasteiger partial charge < -0.3 is 9.84 Å². The first-order valence-corrected chi connectivity index (χ1v) is 5.49. The molecule has 0 saturated heterocycles. The van der Waals surface area contributed by atoms with Crippen LogP contribution in [-0.4, -0.2) is 26.7 Å². The molecule has 0 amide bonds. The Morgan fingerprint density at radius 3 is 2.65 bits per heavy atom. The SMILES string of the molecule is Cc1cc(NCCc2noc(C)n2)nc(C)n1. The maximum Gasteiger partial charge on any atom is 0.223 e. The summed E-state index contributed by atoms with van der Waals surface area (Å²) in [5, 5.41) is 7.03. The highest BCUT2D eigenvalue weighted by Crippen LogP contribution is 2.05. The van der Waals surface area contributed by atoms with Gasteiger partial charge in [-0.25, -0.2) is 9.97 Å². The molecule has 0 spiro atoms. The fourth-order valence-corrected chi connectivity index (χ4v) is 1.55. The molecular weight excluding hydrogens is 218 g/mol. The predicted molar refractivity (Wildman–Crippen MR) is 62.7 cm³/mol. The molecule has 0 fully saturated rings. The van der Waals surface area contributed by atoms with E-state index in [0.717, 1.165) is 23.9 Å². The van der Waals surface area contributed by atoms with E-state index in [-0.39, 0.29) is 0 Å². The van der Waals surface area contributed by atoms with Crippen LogP contribution in [0.2, 0.25) is 0 Å². The van der Waals surface area contributed by atoms with Crippen LogP contribution in [-0.2, 0) is 6.42 Å². The molecular formula is C11H15N5O. The van der Waals surface area contributed by atoms with Gasteiger partial charge in [0.15, 0.2) is 5.82 Å². The van der Waals surface area contributed by atoms with Crippen molar-refractivity contribution in [3.63, 3.8) is 0 Å². The second kappa shape index (κ2) is 4.90. The Morgan fingerprint density at radius 2 is 2.00 bits per heavy atom. The van der Waals surface area contributed by atoms with E-state index in [4.69, 9.17) is 4.52 Å². The molecule has 0 unspecified atom stereocenters. The number of nitrogens with zero attached hydrogens (tertiary/aromatic N) is 4. The molecule has 0 aliphatic heterocycles. The zero-order valence-corrected chi connectivity index (χ0v) is 10.2. The van der Waals surface area contributed by atoms with E-state index < -0.39 is 0 Å². The molecule has 0 aliphatic rings. The molecule has 0 atom stereocenters. The van der Waals surface area contributed by atoms with Gasteiger partial charge in [0.1, 0.15) is 11.6 Å². The Kier molecular flexibility index (Phi) is 3.32. The van der Waals surface area contributed by atoms with Crippen molar-refractivity contribution in [2.45, 2.75) is 27.2 Å². The standard InChI is InChI=1S/C11H15N5O/c1-7-6-11(14-8(2)13-7)12-5-4-10-15-9(3)17-16-10/h6H,4-5H2,1-3H3,(H,12,13,14). The predicted octanol–water partition coefficient (Wildman–Crippen LogP) is 1.44. The summed E-state index contributed by atoms with van der Waals surface area (Å²) in [6, 6.07) is 1.91. The summed E-state index contributed by atoms with van der Waals surface area (Å²) in [5.74, 6) is 2.89. The molecule has 6 nitrogen and oxygen atoms in total. The molecule has 17 heavy (non-hydrogen) atoms. The molecule has 90 valence electrons. The third kappa shape index (κ3) is 3.24. The van der Waals surface area contributed by atoms with E-state index in [0.29, 0.717) is 18.1 Å². The van der Waals surface area contributed by atoms with Crippen LogP contribution < -0.4 is 5.32 Å². The van der Waals surface area contributed by atoms with Crippen molar-refractivity contribution in [2.24, 2.45) is 0 Å². The molecule has 0 bridgehead atoms. The molecule has 2 aromatic heterocycles. The average Bonchev–Trinajstić information content (AvgIpc) is 2.63. The van der Waals surface area contributed by atoms with Gasteiger partial charge in [-0.3, -0.25) is 0 Å². The lowest BCUT2D eigenvalue weighted by molar-refractivity contribution is 0.387. The lowest BCUT2D eigenvalue weighted by Gasteiger charge is -2.05. The highest BCUT2D eigenvalue weighted by atomic mass is 16.5. The normalized spacial score (nSPS) is 10.5. The van der Waals surface area contributed by atoms with Crippen molar-refractivity contribution in [1.29, 1.82) is 0 Å². The lowest BCUT2D eigenvalue weighted by atomic mass is 10.3. The van der Waals surface area contributed by atoms with Gasteiger partial charge in [0.2, 0.25) is 5.89 Å². The van der Waals surface area contributed by atoms with Crippen LogP contribution in [0.3, 0.4) is 0 Å². The third-order valence-electron chi connectivity index (χ3n) is 2.19. The van der Waals surface area contributed by atoms with Crippen LogP contribution >= 0.6 is 0 Å². The maximum atomic E-state index is 4.89. The molecule has 0 radical (unpaired) electrons. The van der Waals surface area contributed by atoms with Crippen molar-refractivity contribution < 1.29 is 4.52 Å². The van der Waals surface area contributed by atoms with Crippen LogP contribution in [0.4, 0.5) is 5.82 Å². The first kappa shape index (κ1) is 11.5. The van der Waals surface area contributed by atoms with E-state index in [1.807, 2.05) is 19.9 Å². The van der Waals surface area contributed by atoms with E-state index >= 15 is 0 Å². The minimum atomic E-state index is 0.591. The number of aromatic nitrogens is 4. The van der Waals surface area contributed by atoms with Crippen molar-refractivity contribution in [2.75, 3.05) is 11.9 Å². The fourth-order valence-electron chi connectivity index (χ4n) is 1.55. The van der Waals surface area contributed by atoms with E-state index in [9.17, 15) is 0 Å². The minimum absolute atomic E-state index is 0.591. The van der Waals surface area contributed by atoms with Gasteiger partial charge >= 0.3 is 0 Å². The zero-order chi connectivity index (χ0) is 12.3. The summed E-state index contributed by atoms with van der Waals surface area (Å²) in [4.78, 5) is 12.6. The van der Waals surface area contributed by atoms with E-state index in [2.05, 4.69) is 25.4 Å². The first-order chi connectivity index (χ1) is 8.13. The van der Waals surface area contributed by atoms with Crippen LogP contribution in [0.1, 0.15) is 23.2 Å². The summed E-state index contributed by atoms with van der Waals surface area (Å²) in [7, 11) is 0. The second-order valence-electron chi connectivity index (χ2n) is 3.85. The summed E-state index contributed by atoms with van der Waals surface area (Å²) in [6.07, 6.45) is 0.708. The van der Waals surface area contributed by atoms with Crippen molar-refractivity contribution in [3.8, 4) is 0 Å². The Morgan fingerprint density at radius 1 is 1.18 bits per heavy atom. The minimum Gasteiger partial charge on any atom is -0.370 e. The lowest BCUT2D eigenvalue weighted by Crippen LogP contribution is -2.08. The van der Waals surface area contributed by atoms with Crippen LogP contribution in [0.5, 0.6) is 0 Å². The number of aryl methyl sites for hydroxylation is 3. The summed E-state index contributed by atoms with van der Waals surface area (Å²) in [5.41, 5.74) is 0.954. The van der Waals surface area contributed by atoms with Gasteiger partial charge in [-0.1, -0.05) is 5.16 Å². The highest BCUT2D eigenvalue weighted by molar-refractivity contribution is 5.35. The average molecular weight is 233 g/mol. The van der Waals surface area contributed by atoms with Gasteiger partial charge in [0, 0.05) is 31.6 Å². The Labute approximate surface area is 99.5 Å². The summed E-state index contributed by atoms with van der Waals surface area (Å²) in [6.45, 7) is 6.32. The van der Waals surface area contributed by atoms with Gasteiger partial charge in [0.05, 0.1) is 0 Å². The Hall–Kier alpha value is -1.98. The number of nitrogens with one attached hydrogen (secondary N) is 1. The number of hydrogen-bond donors (Lipinski definition) is 1. The van der Waals surface area contributed by atoms with Crippen molar-refractivity contribution in [1.82, 2.24) is 20.1 Å². The van der Waals surface area contributed by atoms with Crippen molar-refractivity contribution >= 4 is 5.82 Å². The maximum absolute atomic E-state index is 4.89. The zero-order valence-electron chi connectivity index (χ0n) is 10.2. The molecule has 2 rings (SSSR count). The van der Waals surface area contributed by atoms with E-state index in [1.165, 1.54) is 0 Å². The fraction of sp³-hybridized carbons (Fsp3) is 0.455. The quantitative estimate of drug-likeness (QED) is 0.861. The van der Waals surface area contributed by atoms with Crippen LogP contribution in [0.15, 0.2) is 10.6 Å². The topological polar surface area (TPSA) is 76.7 Å². The Balaban J connectivity index is 1.89. The number of anilines is 1. The van der Waals surface area contributed by atoms with Gasteiger partial charge in [0.25, 0.3) is 0 Å². The van der Waals surface area contributed by atoms with Crippen molar-refractivity contribution in [3.05, 3.63) is 29.3 Å². The number of rotatable bonds is 4. The molecule has 6 heteroatoms. The molecule has 0 saturated carbocycles. The third-order valence-corrected chi connectivity index (χ3v) is 2.19. The molecule has 0 aliphatic carbocycles. The summed E-state index contributed by atoms with van der Waals surface area (Å²) < 4.78 is 4.89. The van der Waals surface area contributed by atoms with Gasteiger partial charge in [-0.05, 0) is 13.8 Å². The second-order valence-corrected chi connectivity index (χ2v) is 3.85. The smallest absolute Gasteiger partial charge is 0.223 e. The monoisotopic (exact) mass is 233 g/mol. The molecule has 2 aromatic rings. The number of hydrogen-bond acceptors (Lipinski definition) is 6. The summed E-state index contributed by atoms with van der Waals surface area (Å²) >= 11 is 0. The van der Waals surface area contributed by atoms with Gasteiger partial charge in [-0.15, -0.1) is 0 Å². The first-order valence-electron chi connectivity index (χ1n) is 5.49. The molecule has 2 heterocycles. The van der Waals surface area contributed by atoms with Crippen LogP contribution in [0.25, 0.3) is 0 Å². The molecule has 0 aromatic carbocycles.